The molecule has 1 aliphatic rings. The van der Waals surface area contributed by atoms with E-state index in [2.05, 4.69) is 35.5 Å². The zero-order chi connectivity index (χ0) is 28.8. The van der Waals surface area contributed by atoms with Crippen molar-refractivity contribution in [1.82, 2.24) is 15.1 Å². The minimum absolute atomic E-state index is 0.0337. The lowest BCUT2D eigenvalue weighted by atomic mass is 9.96. The van der Waals surface area contributed by atoms with E-state index in [1.807, 2.05) is 55.1 Å². The lowest BCUT2D eigenvalue weighted by Gasteiger charge is -2.20. The Morgan fingerprint density at radius 2 is 1.83 bits per heavy atom. The van der Waals surface area contributed by atoms with E-state index in [0.717, 1.165) is 51.4 Å². The van der Waals surface area contributed by atoms with Crippen LogP contribution in [0.25, 0.3) is 11.1 Å². The van der Waals surface area contributed by atoms with Gasteiger partial charge in [0.15, 0.2) is 11.5 Å². The fraction of sp³-hybridized carbons (Fsp3) is 0.344. The Bertz CT molecular complexity index is 1490. The number of hydrogen-bond acceptors (Lipinski definition) is 7. The van der Waals surface area contributed by atoms with Crippen LogP contribution in [0.1, 0.15) is 36.1 Å². The Labute approximate surface area is 245 Å². The first-order chi connectivity index (χ1) is 19.9. The normalized spacial score (nSPS) is 13.2. The number of ether oxygens (including phenoxy) is 4. The minimum atomic E-state index is -0.0650. The Morgan fingerprint density at radius 3 is 2.61 bits per heavy atom. The molecular formula is C32H36ClN3O5. The second kappa shape index (κ2) is 13.3. The van der Waals surface area contributed by atoms with Crippen LogP contribution in [0.3, 0.4) is 0 Å². The Hall–Kier alpha value is -3.72. The fourth-order valence-electron chi connectivity index (χ4n) is 4.64. The van der Waals surface area contributed by atoms with Crippen molar-refractivity contribution < 1.29 is 24.1 Å². The van der Waals surface area contributed by atoms with E-state index in [9.17, 15) is 5.11 Å². The van der Waals surface area contributed by atoms with Gasteiger partial charge in [-0.3, -0.25) is 4.68 Å². The maximum Gasteiger partial charge on any atom is 0.161 e. The number of nitrogens with one attached hydrogen (secondary N) is 1. The van der Waals surface area contributed by atoms with Gasteiger partial charge in [-0.15, -0.1) is 0 Å². The Morgan fingerprint density at radius 1 is 1.02 bits per heavy atom. The lowest BCUT2D eigenvalue weighted by Crippen LogP contribution is -2.28. The third-order valence-corrected chi connectivity index (χ3v) is 7.41. The van der Waals surface area contributed by atoms with Gasteiger partial charge in [0.2, 0.25) is 0 Å². The molecule has 0 radical (unpaired) electrons. The first kappa shape index (κ1) is 28.8. The summed E-state index contributed by atoms with van der Waals surface area (Å²) in [5.41, 5.74) is 6.17. The number of rotatable bonds is 12. The Kier molecular flexibility index (Phi) is 9.34. The highest BCUT2D eigenvalue weighted by molar-refractivity contribution is 6.32. The standard InChI is InChI=1S/C32H36ClN3O5/c1-4-36-17-23(15-35-36)19-40-30-14-31(28(33)12-26(30)16-34-21(2)18-37)41-20-25-6-5-7-27(22(25)3)24-8-9-29-32(13-24)39-11-10-38-29/h5-9,12-15,17,21,34,37H,4,10-11,16,18-20H2,1-3H3. The van der Waals surface area contributed by atoms with Crippen molar-refractivity contribution in [1.29, 1.82) is 0 Å². The quantitative estimate of drug-likeness (QED) is 0.216. The molecule has 1 aliphatic heterocycles. The molecule has 1 unspecified atom stereocenters. The van der Waals surface area contributed by atoms with Gasteiger partial charge in [0.25, 0.3) is 0 Å². The molecule has 0 saturated carbocycles. The predicted octanol–water partition coefficient (Wildman–Crippen LogP) is 5.93. The summed E-state index contributed by atoms with van der Waals surface area (Å²) < 4.78 is 25.8. The number of hydrogen-bond donors (Lipinski definition) is 2. The molecule has 0 spiro atoms. The maximum atomic E-state index is 9.44. The largest absolute Gasteiger partial charge is 0.488 e. The van der Waals surface area contributed by atoms with Gasteiger partial charge in [0.05, 0.1) is 17.8 Å². The number of aliphatic hydroxyl groups is 1. The zero-order valence-corrected chi connectivity index (χ0v) is 24.4. The van der Waals surface area contributed by atoms with Crippen molar-refractivity contribution in [2.45, 2.75) is 53.1 Å². The molecule has 41 heavy (non-hydrogen) atoms. The molecule has 2 N–H and O–H groups in total. The molecule has 3 aromatic carbocycles. The van der Waals surface area contributed by atoms with E-state index in [0.29, 0.717) is 49.5 Å². The van der Waals surface area contributed by atoms with Gasteiger partial charge < -0.3 is 29.4 Å². The number of benzene rings is 3. The van der Waals surface area contributed by atoms with Crippen LogP contribution in [0.5, 0.6) is 23.0 Å². The third kappa shape index (κ3) is 6.96. The first-order valence-electron chi connectivity index (χ1n) is 13.9. The van der Waals surface area contributed by atoms with Crippen LogP contribution in [0.15, 0.2) is 60.9 Å². The maximum absolute atomic E-state index is 9.44. The highest BCUT2D eigenvalue weighted by Gasteiger charge is 2.16. The van der Waals surface area contributed by atoms with Gasteiger partial charge >= 0.3 is 0 Å². The first-order valence-corrected chi connectivity index (χ1v) is 14.2. The number of halogens is 1. The average Bonchev–Trinajstić information content (AvgIpc) is 3.47. The van der Waals surface area contributed by atoms with Crippen LogP contribution in [-0.4, -0.2) is 40.7 Å². The van der Waals surface area contributed by atoms with Crippen LogP contribution >= 0.6 is 11.6 Å². The molecule has 0 fully saturated rings. The van der Waals surface area contributed by atoms with Crippen molar-refractivity contribution in [3.05, 3.63) is 88.2 Å². The van der Waals surface area contributed by atoms with Crippen LogP contribution in [0.2, 0.25) is 5.02 Å². The fourth-order valence-corrected chi connectivity index (χ4v) is 4.88. The summed E-state index contributed by atoms with van der Waals surface area (Å²) in [4.78, 5) is 0. The van der Waals surface area contributed by atoms with Gasteiger partial charge in [-0.05, 0) is 61.2 Å². The smallest absolute Gasteiger partial charge is 0.161 e. The summed E-state index contributed by atoms with van der Waals surface area (Å²) in [5.74, 6) is 2.73. The van der Waals surface area contributed by atoms with Gasteiger partial charge in [-0.1, -0.05) is 35.9 Å². The molecule has 0 amide bonds. The number of aromatic nitrogens is 2. The molecule has 1 atom stereocenters. The highest BCUT2D eigenvalue weighted by atomic mass is 35.5. The monoisotopic (exact) mass is 577 g/mol. The number of fused-ring (bicyclic) bond motifs is 1. The molecule has 0 saturated heterocycles. The van der Waals surface area contributed by atoms with Crippen LogP contribution < -0.4 is 24.3 Å². The third-order valence-electron chi connectivity index (χ3n) is 7.12. The molecule has 4 aromatic rings. The lowest BCUT2D eigenvalue weighted by molar-refractivity contribution is 0.171. The summed E-state index contributed by atoms with van der Waals surface area (Å²) >= 11 is 6.69. The van der Waals surface area contributed by atoms with Gasteiger partial charge in [-0.25, -0.2) is 0 Å². The van der Waals surface area contributed by atoms with Gasteiger partial charge in [0, 0.05) is 42.5 Å². The van der Waals surface area contributed by atoms with Crippen LogP contribution in [-0.2, 0) is 26.3 Å². The number of nitrogens with zero attached hydrogens (tertiary/aromatic N) is 2. The van der Waals surface area contributed by atoms with Crippen LogP contribution in [0.4, 0.5) is 0 Å². The van der Waals surface area contributed by atoms with E-state index < -0.39 is 0 Å². The van der Waals surface area contributed by atoms with E-state index in [1.54, 1.807) is 6.20 Å². The number of aryl methyl sites for hydroxylation is 1. The van der Waals surface area contributed by atoms with Gasteiger partial charge in [0.1, 0.15) is 37.9 Å². The topological polar surface area (TPSA) is 87.0 Å². The molecular weight excluding hydrogens is 542 g/mol. The van der Waals surface area contributed by atoms with Crippen LogP contribution in [0, 0.1) is 6.92 Å². The molecule has 5 rings (SSSR count). The predicted molar refractivity (Wildman–Crippen MR) is 159 cm³/mol. The van der Waals surface area contributed by atoms with Gasteiger partial charge in [-0.2, -0.15) is 5.10 Å². The highest BCUT2D eigenvalue weighted by Crippen LogP contribution is 2.37. The second-order valence-corrected chi connectivity index (χ2v) is 10.5. The molecule has 9 heteroatoms. The summed E-state index contributed by atoms with van der Waals surface area (Å²) in [6, 6.07) is 15.8. The average molecular weight is 578 g/mol. The Balaban J connectivity index is 1.35. The second-order valence-electron chi connectivity index (χ2n) is 10.1. The summed E-state index contributed by atoms with van der Waals surface area (Å²) in [6.07, 6.45) is 3.77. The summed E-state index contributed by atoms with van der Waals surface area (Å²) in [7, 11) is 0. The van der Waals surface area contributed by atoms with E-state index in [-0.39, 0.29) is 12.6 Å². The molecule has 0 bridgehead atoms. The molecule has 8 nitrogen and oxygen atoms in total. The van der Waals surface area contributed by atoms with Crippen molar-refractivity contribution in [3.63, 3.8) is 0 Å². The minimum Gasteiger partial charge on any atom is -0.488 e. The van der Waals surface area contributed by atoms with E-state index >= 15 is 0 Å². The molecule has 1 aromatic heterocycles. The number of aliphatic hydroxyl groups excluding tert-OH is 1. The molecule has 2 heterocycles. The zero-order valence-electron chi connectivity index (χ0n) is 23.7. The summed E-state index contributed by atoms with van der Waals surface area (Å²) in [6.45, 7) is 9.18. The molecule has 0 aliphatic carbocycles. The van der Waals surface area contributed by atoms with Crippen molar-refractivity contribution in [2.24, 2.45) is 0 Å². The van der Waals surface area contributed by atoms with Crippen molar-refractivity contribution in [3.8, 4) is 34.1 Å². The summed E-state index contributed by atoms with van der Waals surface area (Å²) in [5, 5.41) is 17.6. The van der Waals surface area contributed by atoms with E-state index in [4.69, 9.17) is 30.5 Å². The van der Waals surface area contributed by atoms with E-state index in [1.165, 1.54) is 0 Å². The molecule has 216 valence electrons. The SMILES string of the molecule is CCn1cc(COc2cc(OCc3cccc(-c4ccc5c(c4)OCCO5)c3C)c(Cl)cc2CNC(C)CO)cn1. The van der Waals surface area contributed by atoms with Crippen molar-refractivity contribution in [2.75, 3.05) is 19.8 Å². The van der Waals surface area contributed by atoms with Crippen molar-refractivity contribution >= 4 is 11.6 Å².